The third kappa shape index (κ3) is 4.46. The number of hydrogen-bond acceptors (Lipinski definition) is 7. The lowest BCUT2D eigenvalue weighted by molar-refractivity contribution is 0.200. The van der Waals surface area contributed by atoms with Crippen LogP contribution in [0.15, 0.2) is 47.6 Å². The molecule has 168 valence electrons. The van der Waals surface area contributed by atoms with Crippen LogP contribution in [0.3, 0.4) is 0 Å². The van der Waals surface area contributed by atoms with Gasteiger partial charge >= 0.3 is 0 Å². The SMILES string of the molecule is COc1ccc(N2CCN(Cn3c(O)c(NNC(=S)N=O)c4cc(C)ccc43)CC2)cc1. The molecule has 3 aromatic rings. The van der Waals surface area contributed by atoms with Crippen molar-refractivity contribution in [3.63, 3.8) is 0 Å². The van der Waals surface area contributed by atoms with Gasteiger partial charge in [-0.05, 0) is 55.5 Å². The quantitative estimate of drug-likeness (QED) is 0.296. The molecular formula is C22H26N6O3S. The first-order chi connectivity index (χ1) is 15.5. The van der Waals surface area contributed by atoms with E-state index in [-0.39, 0.29) is 11.0 Å². The number of aromatic nitrogens is 1. The van der Waals surface area contributed by atoms with Crippen molar-refractivity contribution in [3.8, 4) is 11.6 Å². The van der Waals surface area contributed by atoms with Crippen molar-refractivity contribution in [3.05, 3.63) is 52.9 Å². The Morgan fingerprint density at radius 2 is 1.88 bits per heavy atom. The van der Waals surface area contributed by atoms with Gasteiger partial charge in [0.05, 0.1) is 19.3 Å². The molecule has 10 heteroatoms. The normalized spacial score (nSPS) is 14.4. The molecule has 1 aromatic heterocycles. The number of piperazine rings is 1. The molecule has 1 fully saturated rings. The number of nitroso groups, excluding NO2 is 1. The fourth-order valence-electron chi connectivity index (χ4n) is 4.00. The molecule has 1 saturated heterocycles. The monoisotopic (exact) mass is 454 g/mol. The third-order valence-electron chi connectivity index (χ3n) is 5.72. The lowest BCUT2D eigenvalue weighted by Gasteiger charge is -2.36. The molecular weight excluding hydrogens is 428 g/mol. The Bertz CT molecular complexity index is 1120. The Kier molecular flexibility index (Phi) is 6.42. The average Bonchev–Trinajstić information content (AvgIpc) is 3.07. The topological polar surface area (TPSA) is 94.4 Å². The van der Waals surface area contributed by atoms with Crippen LogP contribution in [0.4, 0.5) is 11.4 Å². The summed E-state index contributed by atoms with van der Waals surface area (Å²) in [4.78, 5) is 15.2. The molecule has 2 heterocycles. The van der Waals surface area contributed by atoms with Gasteiger partial charge in [0.2, 0.25) is 5.88 Å². The fraction of sp³-hybridized carbons (Fsp3) is 0.318. The molecule has 0 aliphatic carbocycles. The van der Waals surface area contributed by atoms with Crippen LogP contribution in [0.25, 0.3) is 10.9 Å². The van der Waals surface area contributed by atoms with Crippen molar-refractivity contribution >= 4 is 39.6 Å². The number of aromatic hydroxyl groups is 1. The van der Waals surface area contributed by atoms with Gasteiger partial charge in [-0.3, -0.25) is 20.3 Å². The first-order valence-electron chi connectivity index (χ1n) is 10.3. The highest BCUT2D eigenvalue weighted by Crippen LogP contribution is 2.36. The number of rotatable bonds is 6. The van der Waals surface area contributed by atoms with Crippen LogP contribution in [-0.4, -0.2) is 53.0 Å². The van der Waals surface area contributed by atoms with E-state index in [4.69, 9.17) is 17.0 Å². The number of hydrogen-bond donors (Lipinski definition) is 3. The van der Waals surface area contributed by atoms with Crippen molar-refractivity contribution in [2.45, 2.75) is 13.6 Å². The standard InChI is InChI=1S/C22H26N6O3S/c1-15-3-8-19-18(13-15)20(23-24-22(32)25-30)21(29)28(19)14-26-9-11-27(12-10-26)16-4-6-17(31-2)7-5-16/h3-8,13,23,29H,9-12,14H2,1-2H3,(H,24,32). The fourth-order valence-corrected chi connectivity index (χ4v) is 4.05. The molecule has 4 rings (SSSR count). The second-order valence-electron chi connectivity index (χ2n) is 7.74. The van der Waals surface area contributed by atoms with Crippen LogP contribution in [-0.2, 0) is 6.67 Å². The van der Waals surface area contributed by atoms with Gasteiger partial charge in [0, 0.05) is 42.4 Å². The molecule has 32 heavy (non-hydrogen) atoms. The van der Waals surface area contributed by atoms with Gasteiger partial charge in [-0.25, -0.2) is 0 Å². The molecule has 0 saturated carbocycles. The highest BCUT2D eigenvalue weighted by molar-refractivity contribution is 7.80. The van der Waals surface area contributed by atoms with Gasteiger partial charge in [-0.15, -0.1) is 4.91 Å². The number of benzene rings is 2. The van der Waals surface area contributed by atoms with Gasteiger partial charge in [0.25, 0.3) is 5.11 Å². The summed E-state index contributed by atoms with van der Waals surface area (Å²) in [6.07, 6.45) is 0. The largest absolute Gasteiger partial charge is 0.497 e. The van der Waals surface area contributed by atoms with Crippen molar-refractivity contribution < 1.29 is 9.84 Å². The van der Waals surface area contributed by atoms with Crippen molar-refractivity contribution in [1.29, 1.82) is 0 Å². The molecule has 0 atom stereocenters. The first-order valence-corrected chi connectivity index (χ1v) is 10.7. The summed E-state index contributed by atoms with van der Waals surface area (Å²) in [6, 6.07) is 14.1. The zero-order valence-electron chi connectivity index (χ0n) is 18.0. The Labute approximate surface area is 191 Å². The number of anilines is 2. The smallest absolute Gasteiger partial charge is 0.254 e. The van der Waals surface area contributed by atoms with Crippen LogP contribution >= 0.6 is 12.2 Å². The summed E-state index contributed by atoms with van der Waals surface area (Å²) in [5.41, 5.74) is 8.97. The molecule has 9 nitrogen and oxygen atoms in total. The van der Waals surface area contributed by atoms with Crippen LogP contribution in [0, 0.1) is 11.8 Å². The summed E-state index contributed by atoms with van der Waals surface area (Å²) < 4.78 is 7.10. The molecule has 0 amide bonds. The highest BCUT2D eigenvalue weighted by Gasteiger charge is 2.22. The van der Waals surface area contributed by atoms with Crippen molar-refractivity contribution in [1.82, 2.24) is 14.9 Å². The van der Waals surface area contributed by atoms with Gasteiger partial charge < -0.3 is 14.7 Å². The van der Waals surface area contributed by atoms with Gasteiger partial charge in [-0.2, -0.15) is 0 Å². The number of aryl methyl sites for hydroxylation is 1. The molecule has 1 aliphatic heterocycles. The summed E-state index contributed by atoms with van der Waals surface area (Å²) in [7, 11) is 1.67. The molecule has 3 N–H and O–H groups in total. The minimum absolute atomic E-state index is 0.0735. The third-order valence-corrected chi connectivity index (χ3v) is 5.90. The number of nitrogens with zero attached hydrogens (tertiary/aromatic N) is 4. The van der Waals surface area contributed by atoms with E-state index in [1.807, 2.05) is 41.8 Å². The van der Waals surface area contributed by atoms with Gasteiger partial charge in [-0.1, -0.05) is 11.6 Å². The summed E-state index contributed by atoms with van der Waals surface area (Å²) in [5.74, 6) is 0.922. The number of nitrogens with one attached hydrogen (secondary N) is 2. The van der Waals surface area contributed by atoms with Crippen LogP contribution < -0.4 is 20.5 Å². The second kappa shape index (κ2) is 9.41. The minimum Gasteiger partial charge on any atom is -0.497 e. The van der Waals surface area contributed by atoms with E-state index >= 15 is 0 Å². The zero-order chi connectivity index (χ0) is 22.7. The Balaban J connectivity index is 1.50. The van der Waals surface area contributed by atoms with Crippen LogP contribution in [0.5, 0.6) is 11.6 Å². The van der Waals surface area contributed by atoms with Crippen molar-refractivity contribution in [2.75, 3.05) is 43.6 Å². The molecule has 2 aromatic carbocycles. The molecule has 0 radical (unpaired) electrons. The lowest BCUT2D eigenvalue weighted by Crippen LogP contribution is -2.46. The van der Waals surface area contributed by atoms with E-state index in [2.05, 4.69) is 38.0 Å². The number of fused-ring (bicyclic) bond motifs is 1. The molecule has 0 unspecified atom stereocenters. The van der Waals surface area contributed by atoms with E-state index in [9.17, 15) is 10.0 Å². The average molecular weight is 455 g/mol. The number of hydrazine groups is 1. The lowest BCUT2D eigenvalue weighted by atomic mass is 10.1. The molecule has 1 aliphatic rings. The Morgan fingerprint density at radius 3 is 2.53 bits per heavy atom. The molecule has 0 spiro atoms. The van der Waals surface area contributed by atoms with E-state index in [1.54, 1.807) is 7.11 Å². The van der Waals surface area contributed by atoms with Gasteiger partial charge in [0.15, 0.2) is 0 Å². The maximum Gasteiger partial charge on any atom is 0.254 e. The van der Waals surface area contributed by atoms with E-state index < -0.39 is 0 Å². The zero-order valence-corrected chi connectivity index (χ0v) is 18.9. The second-order valence-corrected chi connectivity index (χ2v) is 8.12. The predicted molar refractivity (Wildman–Crippen MR) is 130 cm³/mol. The molecule has 0 bridgehead atoms. The number of ether oxygens (including phenoxy) is 1. The van der Waals surface area contributed by atoms with Crippen LogP contribution in [0.2, 0.25) is 0 Å². The van der Waals surface area contributed by atoms with Gasteiger partial charge in [0.1, 0.15) is 11.4 Å². The van der Waals surface area contributed by atoms with E-state index in [1.165, 1.54) is 5.69 Å². The van der Waals surface area contributed by atoms with E-state index in [0.717, 1.165) is 48.4 Å². The maximum absolute atomic E-state index is 11.0. The highest BCUT2D eigenvalue weighted by atomic mass is 32.1. The Morgan fingerprint density at radius 1 is 1.16 bits per heavy atom. The number of thiocarbonyl (C=S) groups is 1. The van der Waals surface area contributed by atoms with Crippen LogP contribution in [0.1, 0.15) is 5.56 Å². The maximum atomic E-state index is 11.0. The summed E-state index contributed by atoms with van der Waals surface area (Å²) >= 11 is 4.79. The minimum atomic E-state index is -0.229. The summed E-state index contributed by atoms with van der Waals surface area (Å²) in [6.45, 7) is 6.02. The van der Waals surface area contributed by atoms with Crippen molar-refractivity contribution in [2.24, 2.45) is 5.18 Å². The summed E-state index contributed by atoms with van der Waals surface area (Å²) in [5, 5.41) is 14.2. The predicted octanol–water partition coefficient (Wildman–Crippen LogP) is 3.41. The Hall–Kier alpha value is -3.37. The number of methoxy groups -OCH3 is 1. The van der Waals surface area contributed by atoms with E-state index in [0.29, 0.717) is 12.4 Å². The first kappa shape index (κ1) is 21.8.